The van der Waals surface area contributed by atoms with Crippen molar-refractivity contribution in [2.75, 3.05) is 20.3 Å². The fourth-order valence-electron chi connectivity index (χ4n) is 1.87. The van der Waals surface area contributed by atoms with E-state index in [-0.39, 0.29) is 0 Å². The molecule has 1 aromatic carbocycles. The number of halogens is 3. The molecule has 0 saturated heterocycles. The van der Waals surface area contributed by atoms with Gasteiger partial charge in [0.05, 0.1) is 13.2 Å². The second kappa shape index (κ2) is 6.45. The van der Waals surface area contributed by atoms with E-state index in [1.807, 2.05) is 0 Å². The molecule has 1 unspecified atom stereocenters. The highest BCUT2D eigenvalue weighted by Crippen LogP contribution is 2.26. The molecule has 0 radical (unpaired) electrons. The van der Waals surface area contributed by atoms with Crippen molar-refractivity contribution in [2.24, 2.45) is 0 Å². The zero-order valence-corrected chi connectivity index (χ0v) is 11.2. The van der Waals surface area contributed by atoms with Gasteiger partial charge in [0.25, 0.3) is 0 Å². The highest BCUT2D eigenvalue weighted by Gasteiger charge is 2.30. The van der Waals surface area contributed by atoms with E-state index in [4.69, 9.17) is 9.47 Å². The standard InChI is InChI=1S/C14H18F3NO2/c1-19-12-4-2-3-10(7-12)13(8-18-11-5-6-11)20-9-14(15,16)17/h2-4,7,11,13,18H,5-6,8-9H2,1H3. The molecular weight excluding hydrogens is 271 g/mol. The van der Waals surface area contributed by atoms with Gasteiger partial charge in [-0.3, -0.25) is 0 Å². The first-order valence-electron chi connectivity index (χ1n) is 6.53. The van der Waals surface area contributed by atoms with Gasteiger partial charge in [-0.25, -0.2) is 0 Å². The molecule has 1 aliphatic carbocycles. The van der Waals surface area contributed by atoms with Crippen LogP contribution in [-0.2, 0) is 4.74 Å². The van der Waals surface area contributed by atoms with Crippen molar-refractivity contribution in [3.05, 3.63) is 29.8 Å². The molecule has 20 heavy (non-hydrogen) atoms. The van der Waals surface area contributed by atoms with Crippen LogP contribution in [0.5, 0.6) is 5.75 Å². The lowest BCUT2D eigenvalue weighted by Gasteiger charge is -2.20. The Hall–Kier alpha value is -1.27. The lowest BCUT2D eigenvalue weighted by molar-refractivity contribution is -0.185. The first kappa shape index (κ1) is 15.1. The van der Waals surface area contributed by atoms with Gasteiger partial charge in [-0.2, -0.15) is 13.2 Å². The monoisotopic (exact) mass is 289 g/mol. The van der Waals surface area contributed by atoms with Crippen LogP contribution in [0, 0.1) is 0 Å². The summed E-state index contributed by atoms with van der Waals surface area (Å²) < 4.78 is 47.1. The maximum atomic E-state index is 12.3. The maximum Gasteiger partial charge on any atom is 0.411 e. The fourth-order valence-corrected chi connectivity index (χ4v) is 1.87. The molecule has 0 bridgehead atoms. The Kier molecular flexibility index (Phi) is 4.88. The summed E-state index contributed by atoms with van der Waals surface area (Å²) in [7, 11) is 1.52. The molecule has 0 aliphatic heterocycles. The normalized spacial score (nSPS) is 17.0. The lowest BCUT2D eigenvalue weighted by Crippen LogP contribution is -2.28. The molecule has 0 aromatic heterocycles. The van der Waals surface area contributed by atoms with E-state index in [0.717, 1.165) is 12.8 Å². The molecule has 1 aromatic rings. The van der Waals surface area contributed by atoms with Crippen LogP contribution in [0.3, 0.4) is 0 Å². The molecule has 1 N–H and O–H groups in total. The Morgan fingerprint density at radius 2 is 2.10 bits per heavy atom. The summed E-state index contributed by atoms with van der Waals surface area (Å²) in [5.74, 6) is 0.606. The topological polar surface area (TPSA) is 30.5 Å². The quantitative estimate of drug-likeness (QED) is 0.837. The molecule has 1 atom stereocenters. The zero-order chi connectivity index (χ0) is 14.6. The first-order chi connectivity index (χ1) is 9.48. The van der Waals surface area contributed by atoms with E-state index in [1.54, 1.807) is 24.3 Å². The number of benzene rings is 1. The number of hydrogen-bond donors (Lipinski definition) is 1. The molecule has 6 heteroatoms. The van der Waals surface area contributed by atoms with E-state index in [1.165, 1.54) is 7.11 Å². The molecule has 112 valence electrons. The molecule has 2 rings (SSSR count). The summed E-state index contributed by atoms with van der Waals surface area (Å²) in [5.41, 5.74) is 0.682. The van der Waals surface area contributed by atoms with E-state index in [9.17, 15) is 13.2 Å². The van der Waals surface area contributed by atoms with Gasteiger partial charge < -0.3 is 14.8 Å². The van der Waals surface area contributed by atoms with Crippen molar-refractivity contribution in [3.8, 4) is 5.75 Å². The van der Waals surface area contributed by atoms with Crippen molar-refractivity contribution in [1.82, 2.24) is 5.32 Å². The number of ether oxygens (including phenoxy) is 2. The maximum absolute atomic E-state index is 12.3. The lowest BCUT2D eigenvalue weighted by atomic mass is 10.1. The van der Waals surface area contributed by atoms with Crippen LogP contribution in [-0.4, -0.2) is 32.5 Å². The third kappa shape index (κ3) is 5.02. The van der Waals surface area contributed by atoms with Crippen LogP contribution in [0.1, 0.15) is 24.5 Å². The number of methoxy groups -OCH3 is 1. The van der Waals surface area contributed by atoms with E-state index < -0.39 is 18.9 Å². The van der Waals surface area contributed by atoms with Crippen LogP contribution in [0.4, 0.5) is 13.2 Å². The Balaban J connectivity index is 2.02. The van der Waals surface area contributed by atoms with Gasteiger partial charge in [0.1, 0.15) is 12.4 Å². The van der Waals surface area contributed by atoms with Gasteiger partial charge in [0.15, 0.2) is 0 Å². The summed E-state index contributed by atoms with van der Waals surface area (Å²) in [6.07, 6.45) is -2.81. The molecule has 1 fully saturated rings. The van der Waals surface area contributed by atoms with Gasteiger partial charge in [-0.1, -0.05) is 12.1 Å². The zero-order valence-electron chi connectivity index (χ0n) is 11.2. The minimum Gasteiger partial charge on any atom is -0.497 e. The van der Waals surface area contributed by atoms with E-state index >= 15 is 0 Å². The van der Waals surface area contributed by atoms with Gasteiger partial charge in [-0.05, 0) is 30.5 Å². The Bertz CT molecular complexity index is 433. The Labute approximate surface area is 116 Å². The van der Waals surface area contributed by atoms with Crippen molar-refractivity contribution < 1.29 is 22.6 Å². The third-order valence-electron chi connectivity index (χ3n) is 3.08. The summed E-state index contributed by atoms with van der Waals surface area (Å²) in [4.78, 5) is 0. The number of rotatable bonds is 7. The smallest absolute Gasteiger partial charge is 0.411 e. The largest absolute Gasteiger partial charge is 0.497 e. The summed E-state index contributed by atoms with van der Waals surface area (Å²) >= 11 is 0. The summed E-state index contributed by atoms with van der Waals surface area (Å²) in [6.45, 7) is -0.880. The van der Waals surface area contributed by atoms with Crippen molar-refractivity contribution in [2.45, 2.75) is 31.2 Å². The molecule has 0 spiro atoms. The Morgan fingerprint density at radius 3 is 2.70 bits per heavy atom. The van der Waals surface area contributed by atoms with Gasteiger partial charge in [0.2, 0.25) is 0 Å². The number of alkyl halides is 3. The minimum absolute atomic E-state index is 0.369. The predicted molar refractivity (Wildman–Crippen MR) is 68.8 cm³/mol. The Morgan fingerprint density at radius 1 is 1.35 bits per heavy atom. The van der Waals surface area contributed by atoms with Crippen LogP contribution in [0.25, 0.3) is 0 Å². The average Bonchev–Trinajstić information content (AvgIpc) is 3.22. The van der Waals surface area contributed by atoms with Gasteiger partial charge in [0, 0.05) is 12.6 Å². The summed E-state index contributed by atoms with van der Waals surface area (Å²) in [6, 6.07) is 7.36. The predicted octanol–water partition coefficient (Wildman–Crippen LogP) is 3.07. The fraction of sp³-hybridized carbons (Fsp3) is 0.571. The molecule has 0 heterocycles. The van der Waals surface area contributed by atoms with Crippen molar-refractivity contribution in [3.63, 3.8) is 0 Å². The van der Waals surface area contributed by atoms with Crippen LogP contribution in [0.15, 0.2) is 24.3 Å². The second-order valence-corrected chi connectivity index (χ2v) is 4.87. The SMILES string of the molecule is COc1cccc(C(CNC2CC2)OCC(F)(F)F)c1. The van der Waals surface area contributed by atoms with Crippen LogP contribution < -0.4 is 10.1 Å². The van der Waals surface area contributed by atoms with Gasteiger partial charge >= 0.3 is 6.18 Å². The summed E-state index contributed by atoms with van der Waals surface area (Å²) in [5, 5.41) is 3.20. The first-order valence-corrected chi connectivity index (χ1v) is 6.53. The van der Waals surface area contributed by atoms with Crippen molar-refractivity contribution in [1.29, 1.82) is 0 Å². The van der Waals surface area contributed by atoms with E-state index in [0.29, 0.717) is 23.9 Å². The minimum atomic E-state index is -4.32. The average molecular weight is 289 g/mol. The van der Waals surface area contributed by atoms with Crippen LogP contribution in [0.2, 0.25) is 0 Å². The second-order valence-electron chi connectivity index (χ2n) is 4.87. The molecule has 1 aliphatic rings. The molecular formula is C14H18F3NO2. The van der Waals surface area contributed by atoms with E-state index in [2.05, 4.69) is 5.32 Å². The number of hydrogen-bond acceptors (Lipinski definition) is 3. The van der Waals surface area contributed by atoms with Gasteiger partial charge in [-0.15, -0.1) is 0 Å². The number of nitrogens with one attached hydrogen (secondary N) is 1. The molecule has 3 nitrogen and oxygen atoms in total. The molecule has 1 saturated carbocycles. The van der Waals surface area contributed by atoms with Crippen molar-refractivity contribution >= 4 is 0 Å². The van der Waals surface area contributed by atoms with Crippen LogP contribution >= 0.6 is 0 Å². The highest BCUT2D eigenvalue weighted by molar-refractivity contribution is 5.30. The third-order valence-corrected chi connectivity index (χ3v) is 3.08. The molecule has 0 amide bonds. The highest BCUT2D eigenvalue weighted by atomic mass is 19.4.